The molecule has 2 fully saturated rings. The lowest BCUT2D eigenvalue weighted by molar-refractivity contribution is -0.347. The summed E-state index contributed by atoms with van der Waals surface area (Å²) in [5.41, 5.74) is 0. The minimum absolute atomic E-state index is 1.08. The molecule has 0 radical (unpaired) electrons. The normalized spacial score (nSPS) is 46.7. The van der Waals surface area contributed by atoms with Crippen LogP contribution in [0.25, 0.3) is 0 Å². The number of aliphatic hydroxyl groups excluding tert-OH is 5. The van der Waals surface area contributed by atoms with E-state index >= 15 is 0 Å². The summed E-state index contributed by atoms with van der Waals surface area (Å²) in [7, 11) is 1.08. The Balaban J connectivity index is 2.23. The topological polar surface area (TPSA) is 213 Å². The number of carboxylic acids is 2. The first-order valence-electron chi connectivity index (χ1n) is 7.45. The van der Waals surface area contributed by atoms with E-state index < -0.39 is 73.4 Å². The number of aliphatic carboxylic acids is 2. The molecule has 2 aliphatic rings. The van der Waals surface area contributed by atoms with Crippen molar-refractivity contribution in [2.75, 3.05) is 7.11 Å². The maximum Gasteiger partial charge on any atom is 0.335 e. The third-order valence-electron chi connectivity index (χ3n) is 4.16. The van der Waals surface area contributed by atoms with E-state index in [0.29, 0.717) is 0 Å². The molecule has 0 saturated carbocycles. The molecule has 0 aliphatic carbocycles. The maximum absolute atomic E-state index is 11.3. The van der Waals surface area contributed by atoms with Crippen LogP contribution in [-0.2, 0) is 28.5 Å². The zero-order chi connectivity index (χ0) is 19.8. The molecule has 13 nitrogen and oxygen atoms in total. The van der Waals surface area contributed by atoms with E-state index in [1.165, 1.54) is 0 Å². The van der Waals surface area contributed by atoms with Crippen molar-refractivity contribution < 1.29 is 64.3 Å². The van der Waals surface area contributed by atoms with Gasteiger partial charge in [-0.25, -0.2) is 9.59 Å². The molecule has 26 heavy (non-hydrogen) atoms. The van der Waals surface area contributed by atoms with E-state index in [1.807, 2.05) is 0 Å². The fourth-order valence-corrected chi connectivity index (χ4v) is 2.77. The van der Waals surface area contributed by atoms with Crippen molar-refractivity contribution >= 4 is 11.9 Å². The molecule has 0 amide bonds. The Morgan fingerprint density at radius 3 is 1.77 bits per heavy atom. The Morgan fingerprint density at radius 1 is 0.769 bits per heavy atom. The minimum Gasteiger partial charge on any atom is -0.479 e. The lowest BCUT2D eigenvalue weighted by Crippen LogP contribution is -2.65. The van der Waals surface area contributed by atoms with Gasteiger partial charge in [0.05, 0.1) is 0 Å². The molecule has 0 bridgehead atoms. The largest absolute Gasteiger partial charge is 0.479 e. The summed E-state index contributed by atoms with van der Waals surface area (Å²) in [6.07, 6.45) is -18.5. The third kappa shape index (κ3) is 3.80. The lowest BCUT2D eigenvalue weighted by Gasteiger charge is -2.44. The molecular formula is C13H20O13. The molecule has 13 heteroatoms. The van der Waals surface area contributed by atoms with Gasteiger partial charge in [-0.3, -0.25) is 0 Å². The first-order chi connectivity index (χ1) is 12.1. The van der Waals surface area contributed by atoms with E-state index in [4.69, 9.17) is 24.4 Å². The van der Waals surface area contributed by atoms with Gasteiger partial charge < -0.3 is 54.7 Å². The lowest BCUT2D eigenvalue weighted by atomic mass is 9.96. The molecule has 4 unspecified atom stereocenters. The van der Waals surface area contributed by atoms with Crippen LogP contribution in [0.2, 0.25) is 0 Å². The summed E-state index contributed by atoms with van der Waals surface area (Å²) in [6, 6.07) is 0. The van der Waals surface area contributed by atoms with Crippen LogP contribution in [0.4, 0.5) is 0 Å². The summed E-state index contributed by atoms with van der Waals surface area (Å²) < 4.78 is 19.6. The van der Waals surface area contributed by atoms with Gasteiger partial charge >= 0.3 is 11.9 Å². The summed E-state index contributed by atoms with van der Waals surface area (Å²) >= 11 is 0. The van der Waals surface area contributed by atoms with Gasteiger partial charge in [-0.1, -0.05) is 0 Å². The van der Waals surface area contributed by atoms with Gasteiger partial charge in [-0.15, -0.1) is 0 Å². The molecular weight excluding hydrogens is 364 g/mol. The monoisotopic (exact) mass is 384 g/mol. The van der Waals surface area contributed by atoms with Crippen molar-refractivity contribution in [1.29, 1.82) is 0 Å². The van der Waals surface area contributed by atoms with Crippen LogP contribution in [0.1, 0.15) is 0 Å². The minimum atomic E-state index is -2.02. The van der Waals surface area contributed by atoms with Crippen LogP contribution in [0.15, 0.2) is 0 Å². The Bertz CT molecular complexity index is 526. The fraction of sp³-hybridized carbons (Fsp3) is 0.846. The van der Waals surface area contributed by atoms with Crippen molar-refractivity contribution in [3.05, 3.63) is 0 Å². The molecule has 7 N–H and O–H groups in total. The molecule has 2 saturated heterocycles. The molecule has 150 valence electrons. The van der Waals surface area contributed by atoms with E-state index in [0.717, 1.165) is 7.11 Å². The molecule has 2 heterocycles. The first-order valence-corrected chi connectivity index (χ1v) is 7.45. The van der Waals surface area contributed by atoms with Gasteiger partial charge in [0.1, 0.15) is 36.6 Å². The second kappa shape index (κ2) is 8.08. The first kappa shape index (κ1) is 20.9. The predicted octanol–water partition coefficient (Wildman–Crippen LogP) is -4.56. The summed E-state index contributed by atoms with van der Waals surface area (Å²) in [4.78, 5) is 22.5. The van der Waals surface area contributed by atoms with E-state index in [1.54, 1.807) is 0 Å². The molecule has 2 aliphatic heterocycles. The van der Waals surface area contributed by atoms with Crippen molar-refractivity contribution in [1.82, 2.24) is 0 Å². The second-order valence-corrected chi connectivity index (χ2v) is 5.81. The molecule has 2 rings (SSSR count). The van der Waals surface area contributed by atoms with Gasteiger partial charge in [0, 0.05) is 7.11 Å². The van der Waals surface area contributed by atoms with Gasteiger partial charge in [0.2, 0.25) is 0 Å². The fourth-order valence-electron chi connectivity index (χ4n) is 2.77. The van der Waals surface area contributed by atoms with Crippen LogP contribution in [0.5, 0.6) is 0 Å². The number of hydrogen-bond acceptors (Lipinski definition) is 11. The van der Waals surface area contributed by atoms with Crippen molar-refractivity contribution in [2.24, 2.45) is 0 Å². The van der Waals surface area contributed by atoms with Crippen molar-refractivity contribution in [2.45, 2.75) is 61.4 Å². The number of methoxy groups -OCH3 is 1. The van der Waals surface area contributed by atoms with Crippen LogP contribution in [0.3, 0.4) is 0 Å². The highest BCUT2D eigenvalue weighted by Crippen LogP contribution is 2.29. The highest BCUT2D eigenvalue weighted by atomic mass is 16.7. The Kier molecular flexibility index (Phi) is 6.49. The quantitative estimate of drug-likeness (QED) is 0.238. The number of carboxylic acid groups (broad SMARTS) is 2. The zero-order valence-electron chi connectivity index (χ0n) is 13.4. The molecule has 0 aromatic heterocycles. The molecule has 0 aromatic carbocycles. The van der Waals surface area contributed by atoms with Gasteiger partial charge in [-0.05, 0) is 0 Å². The number of carbonyl (C=O) groups is 2. The third-order valence-corrected chi connectivity index (χ3v) is 4.16. The van der Waals surface area contributed by atoms with Gasteiger partial charge in [0.15, 0.2) is 24.8 Å². The van der Waals surface area contributed by atoms with E-state index in [2.05, 4.69) is 4.74 Å². The average Bonchev–Trinajstić information content (AvgIpc) is 2.58. The van der Waals surface area contributed by atoms with Crippen LogP contribution < -0.4 is 0 Å². The highest BCUT2D eigenvalue weighted by molar-refractivity contribution is 5.74. The average molecular weight is 384 g/mol. The van der Waals surface area contributed by atoms with Crippen molar-refractivity contribution in [3.8, 4) is 0 Å². The summed E-state index contributed by atoms with van der Waals surface area (Å²) in [5, 5.41) is 67.3. The number of rotatable bonds is 5. The van der Waals surface area contributed by atoms with Gasteiger partial charge in [-0.2, -0.15) is 0 Å². The van der Waals surface area contributed by atoms with E-state index in [-0.39, 0.29) is 0 Å². The molecule has 0 aromatic rings. The highest BCUT2D eigenvalue weighted by Gasteiger charge is 2.53. The SMILES string of the molecule is CO[C@H]1C(C(=O)O)O[C@@H](O[C@H]2C(C(=O)O)O[C@@H](O)C(O)[C@H]2O)C(O)[C@H]1O. The number of hydrogen-bond donors (Lipinski definition) is 7. The molecule has 0 spiro atoms. The maximum atomic E-state index is 11.3. The summed E-state index contributed by atoms with van der Waals surface area (Å²) in [5.74, 6) is -3.22. The van der Waals surface area contributed by atoms with Crippen LogP contribution >= 0.6 is 0 Å². The smallest absolute Gasteiger partial charge is 0.335 e. The Labute approximate surface area is 145 Å². The summed E-state index contributed by atoms with van der Waals surface area (Å²) in [6.45, 7) is 0. The number of aliphatic hydroxyl groups is 5. The van der Waals surface area contributed by atoms with Crippen LogP contribution in [0, 0.1) is 0 Å². The van der Waals surface area contributed by atoms with Crippen LogP contribution in [-0.4, -0.2) is 116 Å². The Morgan fingerprint density at radius 2 is 1.27 bits per heavy atom. The standard InChI is InChI=1S/C13H20O13/c1-23-6-3(15)5(17)13(26-8(6)10(18)19)25-7-2(14)4(16)12(22)24-9(7)11(20)21/h2-9,12-17,22H,1H3,(H,18,19)(H,20,21)/t2-,3-,4?,5?,6-,7-,8?,9?,12-,13-/m1/s1. The van der Waals surface area contributed by atoms with Gasteiger partial charge in [0.25, 0.3) is 0 Å². The molecule has 10 atom stereocenters. The number of ether oxygens (including phenoxy) is 4. The zero-order valence-corrected chi connectivity index (χ0v) is 13.4. The Hall–Kier alpha value is -1.42. The van der Waals surface area contributed by atoms with Crippen molar-refractivity contribution in [3.63, 3.8) is 0 Å². The predicted molar refractivity (Wildman–Crippen MR) is 74.5 cm³/mol. The second-order valence-electron chi connectivity index (χ2n) is 5.81. The van der Waals surface area contributed by atoms with E-state index in [9.17, 15) is 35.1 Å².